The fraction of sp³-hybridized carbons (Fsp3) is 0.273. The molecule has 2 rings (SSSR count). The molecule has 7 nitrogen and oxygen atoms in total. The fourth-order valence-corrected chi connectivity index (χ4v) is 2.78. The number of nitrogens with one attached hydrogen (secondary N) is 2. The molecular weight excluding hydrogens is 370 g/mol. The van der Waals surface area contributed by atoms with Crippen LogP contribution in [0.4, 0.5) is 0 Å². The highest BCUT2D eigenvalue weighted by atomic mass is 16.4. The van der Waals surface area contributed by atoms with E-state index in [4.69, 9.17) is 5.26 Å². The lowest BCUT2D eigenvalue weighted by molar-refractivity contribution is -0.141. The van der Waals surface area contributed by atoms with Crippen LogP contribution in [-0.4, -0.2) is 28.9 Å². The van der Waals surface area contributed by atoms with Crippen LogP contribution in [0.1, 0.15) is 42.5 Å². The van der Waals surface area contributed by atoms with Gasteiger partial charge in [-0.25, -0.2) is 4.79 Å². The SMILES string of the molecule is C[C@@H](NC(=O)CCC(=O)N[C@@H](Cc1ccc(C#N)cc1)C(=O)O)c1ccccc1. The fourth-order valence-electron chi connectivity index (χ4n) is 2.78. The van der Waals surface area contributed by atoms with Gasteiger partial charge in [-0.3, -0.25) is 9.59 Å². The molecule has 3 N–H and O–H groups in total. The highest BCUT2D eigenvalue weighted by molar-refractivity contribution is 5.87. The maximum absolute atomic E-state index is 12.1. The molecule has 0 radical (unpaired) electrons. The van der Waals surface area contributed by atoms with E-state index in [0.717, 1.165) is 5.56 Å². The first-order valence-electron chi connectivity index (χ1n) is 9.24. The Labute approximate surface area is 169 Å². The first kappa shape index (κ1) is 21.6. The average molecular weight is 393 g/mol. The lowest BCUT2D eigenvalue weighted by Crippen LogP contribution is -2.42. The van der Waals surface area contributed by atoms with Crippen molar-refractivity contribution in [3.63, 3.8) is 0 Å². The van der Waals surface area contributed by atoms with Gasteiger partial charge >= 0.3 is 5.97 Å². The van der Waals surface area contributed by atoms with Gasteiger partial charge in [0.2, 0.25) is 11.8 Å². The number of carboxylic acids is 1. The van der Waals surface area contributed by atoms with Gasteiger partial charge in [0.15, 0.2) is 0 Å². The third kappa shape index (κ3) is 7.11. The van der Waals surface area contributed by atoms with Gasteiger partial charge in [0.05, 0.1) is 17.7 Å². The zero-order valence-electron chi connectivity index (χ0n) is 16.1. The van der Waals surface area contributed by atoms with Crippen LogP contribution in [0.3, 0.4) is 0 Å². The topological polar surface area (TPSA) is 119 Å². The summed E-state index contributed by atoms with van der Waals surface area (Å²) in [6.45, 7) is 1.85. The van der Waals surface area contributed by atoms with E-state index < -0.39 is 17.9 Å². The second-order valence-electron chi connectivity index (χ2n) is 6.67. The Bertz CT molecular complexity index is 889. The van der Waals surface area contributed by atoms with Crippen LogP contribution in [0, 0.1) is 11.3 Å². The van der Waals surface area contributed by atoms with Crippen molar-refractivity contribution in [2.24, 2.45) is 0 Å². The number of carbonyl (C=O) groups is 3. The molecule has 2 aromatic carbocycles. The number of carbonyl (C=O) groups excluding carboxylic acids is 2. The third-order valence-electron chi connectivity index (χ3n) is 4.41. The van der Waals surface area contributed by atoms with Crippen molar-refractivity contribution in [3.8, 4) is 6.07 Å². The molecule has 0 unspecified atom stereocenters. The number of rotatable bonds is 9. The Morgan fingerprint density at radius 3 is 2.10 bits per heavy atom. The molecule has 0 aliphatic rings. The minimum Gasteiger partial charge on any atom is -0.480 e. The summed E-state index contributed by atoms with van der Waals surface area (Å²) >= 11 is 0. The van der Waals surface area contributed by atoms with E-state index in [1.807, 2.05) is 43.3 Å². The molecular formula is C22H23N3O4. The van der Waals surface area contributed by atoms with Crippen molar-refractivity contribution in [2.75, 3.05) is 0 Å². The molecule has 0 bridgehead atoms. The van der Waals surface area contributed by atoms with Gasteiger partial charge in [0, 0.05) is 19.3 Å². The lowest BCUT2D eigenvalue weighted by atomic mass is 10.0. The number of nitrogens with zero attached hydrogens (tertiary/aromatic N) is 1. The smallest absolute Gasteiger partial charge is 0.326 e. The van der Waals surface area contributed by atoms with Crippen molar-refractivity contribution in [1.29, 1.82) is 5.26 Å². The standard InChI is InChI=1S/C22H23N3O4/c1-15(18-5-3-2-4-6-18)24-20(26)11-12-21(27)25-19(22(28)29)13-16-7-9-17(14-23)10-8-16/h2-10,15,19H,11-13H2,1H3,(H,24,26)(H,25,27)(H,28,29)/t15-,19+/m1/s1. The number of benzene rings is 2. The van der Waals surface area contributed by atoms with Gasteiger partial charge in [-0.2, -0.15) is 5.26 Å². The molecule has 150 valence electrons. The molecule has 0 saturated carbocycles. The van der Waals surface area contributed by atoms with Crippen LogP contribution in [0.25, 0.3) is 0 Å². The van der Waals surface area contributed by atoms with Crippen molar-refractivity contribution < 1.29 is 19.5 Å². The van der Waals surface area contributed by atoms with E-state index in [9.17, 15) is 19.5 Å². The second kappa shape index (κ2) is 10.6. The molecule has 0 heterocycles. The summed E-state index contributed by atoms with van der Waals surface area (Å²) in [7, 11) is 0. The maximum Gasteiger partial charge on any atom is 0.326 e. The van der Waals surface area contributed by atoms with Gasteiger partial charge in [-0.05, 0) is 30.2 Å². The van der Waals surface area contributed by atoms with Crippen LogP contribution >= 0.6 is 0 Å². The van der Waals surface area contributed by atoms with Gasteiger partial charge in [-0.1, -0.05) is 42.5 Å². The summed E-state index contributed by atoms with van der Waals surface area (Å²) < 4.78 is 0. The van der Waals surface area contributed by atoms with Gasteiger partial charge < -0.3 is 15.7 Å². The number of amides is 2. The first-order chi connectivity index (χ1) is 13.9. The molecule has 0 fully saturated rings. The van der Waals surface area contributed by atoms with Crippen molar-refractivity contribution in [3.05, 3.63) is 71.3 Å². The van der Waals surface area contributed by atoms with Crippen LogP contribution in [0.5, 0.6) is 0 Å². The lowest BCUT2D eigenvalue weighted by Gasteiger charge is -2.16. The zero-order valence-corrected chi connectivity index (χ0v) is 16.1. The normalized spacial score (nSPS) is 12.3. The number of hydrogen-bond donors (Lipinski definition) is 3. The minimum absolute atomic E-state index is 0.0355. The van der Waals surface area contributed by atoms with Crippen LogP contribution in [0.2, 0.25) is 0 Å². The summed E-state index contributed by atoms with van der Waals surface area (Å²) in [5.41, 5.74) is 2.12. The second-order valence-corrected chi connectivity index (χ2v) is 6.67. The van der Waals surface area contributed by atoms with Gasteiger partial charge in [0.25, 0.3) is 0 Å². The highest BCUT2D eigenvalue weighted by Gasteiger charge is 2.21. The predicted octanol–water partition coefficient (Wildman–Crippen LogP) is 2.33. The summed E-state index contributed by atoms with van der Waals surface area (Å²) in [5, 5.41) is 23.4. The van der Waals surface area contributed by atoms with Gasteiger partial charge in [-0.15, -0.1) is 0 Å². The van der Waals surface area contributed by atoms with Crippen molar-refractivity contribution in [2.45, 2.75) is 38.3 Å². The Kier molecular flexibility index (Phi) is 7.92. The monoisotopic (exact) mass is 393 g/mol. The molecule has 2 aromatic rings. The Hall–Kier alpha value is -3.66. The van der Waals surface area contributed by atoms with Crippen LogP contribution in [0.15, 0.2) is 54.6 Å². The molecule has 2 amide bonds. The Morgan fingerprint density at radius 1 is 0.966 bits per heavy atom. The molecule has 0 spiro atoms. The molecule has 0 saturated heterocycles. The minimum atomic E-state index is -1.16. The highest BCUT2D eigenvalue weighted by Crippen LogP contribution is 2.11. The Morgan fingerprint density at radius 2 is 1.55 bits per heavy atom. The molecule has 0 aliphatic heterocycles. The van der Waals surface area contributed by atoms with E-state index in [0.29, 0.717) is 11.1 Å². The molecule has 7 heteroatoms. The summed E-state index contributed by atoms with van der Waals surface area (Å²) in [5.74, 6) is -1.95. The van der Waals surface area contributed by atoms with E-state index in [1.165, 1.54) is 0 Å². The third-order valence-corrected chi connectivity index (χ3v) is 4.41. The number of carboxylic acid groups (broad SMARTS) is 1. The first-order valence-corrected chi connectivity index (χ1v) is 9.24. The summed E-state index contributed by atoms with van der Waals surface area (Å²) in [6, 6.07) is 16.6. The zero-order chi connectivity index (χ0) is 21.2. The van der Waals surface area contributed by atoms with Crippen molar-refractivity contribution >= 4 is 17.8 Å². The Balaban J connectivity index is 1.82. The van der Waals surface area contributed by atoms with E-state index >= 15 is 0 Å². The quantitative estimate of drug-likeness (QED) is 0.604. The number of nitriles is 1. The molecule has 0 aliphatic carbocycles. The van der Waals surface area contributed by atoms with E-state index in [2.05, 4.69) is 10.6 Å². The molecule has 0 aromatic heterocycles. The molecule has 2 atom stereocenters. The summed E-state index contributed by atoms with van der Waals surface area (Å²) in [4.78, 5) is 35.6. The molecule has 29 heavy (non-hydrogen) atoms. The van der Waals surface area contributed by atoms with E-state index in [-0.39, 0.29) is 31.2 Å². The van der Waals surface area contributed by atoms with Crippen LogP contribution < -0.4 is 10.6 Å². The van der Waals surface area contributed by atoms with Crippen molar-refractivity contribution in [1.82, 2.24) is 10.6 Å². The van der Waals surface area contributed by atoms with E-state index in [1.54, 1.807) is 24.3 Å². The summed E-state index contributed by atoms with van der Waals surface area (Å²) in [6.07, 6.45) is -0.0548. The number of aliphatic carboxylic acids is 1. The predicted molar refractivity (Wildman–Crippen MR) is 107 cm³/mol. The largest absolute Gasteiger partial charge is 0.480 e. The maximum atomic E-state index is 12.1. The average Bonchev–Trinajstić information content (AvgIpc) is 2.72. The number of hydrogen-bond acceptors (Lipinski definition) is 4. The van der Waals surface area contributed by atoms with Gasteiger partial charge in [0.1, 0.15) is 6.04 Å². The van der Waals surface area contributed by atoms with Crippen LogP contribution in [-0.2, 0) is 20.8 Å².